The fourth-order valence-electron chi connectivity index (χ4n) is 2.18. The second-order valence-corrected chi connectivity index (χ2v) is 7.31. The van der Waals surface area contributed by atoms with Crippen LogP contribution >= 0.6 is 8.25 Å². The molecule has 24 heteroatoms. The zero-order valence-electron chi connectivity index (χ0n) is 15.8. The van der Waals surface area contributed by atoms with Gasteiger partial charge in [-0.1, -0.05) is 0 Å². The van der Waals surface area contributed by atoms with Gasteiger partial charge in [0, 0.05) is 6.42 Å². The van der Waals surface area contributed by atoms with E-state index in [0.717, 1.165) is 0 Å². The number of aliphatic hydroxyl groups excluding tert-OH is 1. The number of alkyl halides is 19. The molecule has 0 aromatic carbocycles. The topological polar surface area (TPSA) is 69.6 Å². The van der Waals surface area contributed by atoms with Gasteiger partial charge in [0.2, 0.25) is 0 Å². The Morgan fingerprint density at radius 1 is 0.611 bits per heavy atom. The predicted octanol–water partition coefficient (Wildman–Crippen LogP) is 5.42. The highest BCUT2D eigenvalue weighted by Gasteiger charge is 2.98. The summed E-state index contributed by atoms with van der Waals surface area (Å²) in [5.41, 5.74) is -8.82. The van der Waals surface area contributed by atoms with Crippen molar-refractivity contribution < 1.29 is 103 Å². The number of rotatable bonds is 11. The van der Waals surface area contributed by atoms with Crippen LogP contribution in [0, 0.1) is 0 Å². The first-order chi connectivity index (χ1) is 15.3. The van der Waals surface area contributed by atoms with Crippen molar-refractivity contribution in [3.05, 3.63) is 0 Å². The molecule has 36 heavy (non-hydrogen) atoms. The molecule has 2 atom stereocenters. The van der Waals surface area contributed by atoms with Crippen LogP contribution < -0.4 is 4.89 Å². The van der Waals surface area contributed by atoms with E-state index in [2.05, 4.69) is 4.52 Å². The van der Waals surface area contributed by atoms with Crippen molar-refractivity contribution in [1.29, 1.82) is 0 Å². The normalized spacial score (nSPS) is 17.3. The Morgan fingerprint density at radius 3 is 1.22 bits per heavy atom. The van der Waals surface area contributed by atoms with Crippen molar-refractivity contribution in [3.8, 4) is 0 Å². The second-order valence-electron chi connectivity index (χ2n) is 6.61. The van der Waals surface area contributed by atoms with Crippen LogP contribution in [-0.4, -0.2) is 71.4 Å². The predicted molar refractivity (Wildman–Crippen MR) is 69.8 cm³/mol. The van der Waals surface area contributed by atoms with Crippen molar-refractivity contribution in [1.82, 2.24) is 0 Å². The third-order valence-corrected chi connectivity index (χ3v) is 4.47. The summed E-state index contributed by atoms with van der Waals surface area (Å²) in [5, 5.41) is 8.83. The Balaban J connectivity index is 6.80. The molecule has 0 saturated carbocycles. The summed E-state index contributed by atoms with van der Waals surface area (Å²) >= 11 is 0. The molecule has 1 N–H and O–H groups in total. The van der Waals surface area contributed by atoms with Crippen molar-refractivity contribution in [2.75, 3.05) is 6.61 Å². The molecule has 0 aliphatic rings. The zero-order valence-corrected chi connectivity index (χ0v) is 16.7. The Labute approximate surface area is 184 Å². The summed E-state index contributed by atoms with van der Waals surface area (Å²) in [7, 11) is -4.07. The lowest BCUT2D eigenvalue weighted by atomic mass is 9.83. The molecule has 0 aliphatic heterocycles. The molecule has 0 aromatic heterocycles. The zero-order chi connectivity index (χ0) is 29.8. The largest absolute Gasteiger partial charge is 0.566 e. The summed E-state index contributed by atoms with van der Waals surface area (Å²) in [6.45, 7) is -2.01. The Morgan fingerprint density at radius 2 is 0.917 bits per heavy atom. The van der Waals surface area contributed by atoms with E-state index in [1.165, 1.54) is 0 Å². The van der Waals surface area contributed by atoms with Crippen LogP contribution in [0.5, 0.6) is 0 Å². The van der Waals surface area contributed by atoms with Crippen LogP contribution in [0.3, 0.4) is 0 Å². The monoisotopic (exact) mass is 606 g/mol. The van der Waals surface area contributed by atoms with Crippen molar-refractivity contribution in [2.24, 2.45) is 0 Å². The molecule has 216 valence electrons. The molecule has 0 saturated heterocycles. The highest BCUT2D eigenvalue weighted by Crippen LogP contribution is 2.66. The molecular formula is C12H6F19O4P. The summed E-state index contributed by atoms with van der Waals surface area (Å²) in [6, 6.07) is 0. The van der Waals surface area contributed by atoms with Gasteiger partial charge in [0.05, 0.1) is 6.10 Å². The van der Waals surface area contributed by atoms with Gasteiger partial charge in [0.25, 0.3) is 0 Å². The minimum Gasteiger partial charge on any atom is -0.566 e. The van der Waals surface area contributed by atoms with Gasteiger partial charge in [-0.2, -0.15) is 79.0 Å². The molecule has 0 amide bonds. The standard InChI is InChI=1S/C12H6F19O4P/c13-4(14,1-3(32)2-35-36(33)34)6(16,17)8(20,21)10(24,25)9(22,23)7(18,19)5(15,11(26,27)28)12(29,30)31/h3,32H,1-2H2. The summed E-state index contributed by atoms with van der Waals surface area (Å²) in [5.74, 6) is -51.1. The molecule has 0 aliphatic carbocycles. The summed E-state index contributed by atoms with van der Waals surface area (Å²) in [6.07, 6.45) is -23.4. The molecule has 0 spiro atoms. The molecule has 0 fully saturated rings. The van der Waals surface area contributed by atoms with Gasteiger partial charge < -0.3 is 10.00 Å². The molecule has 0 aromatic rings. The lowest BCUT2D eigenvalue weighted by Gasteiger charge is -2.45. The number of halogens is 19. The SMILES string of the molecule is O=[P+]([O-])OCC(O)CC(F)(F)C(F)(F)C(F)(F)C(F)(F)C(F)(F)C(F)(F)C(F)(C(F)(F)F)C(F)(F)F. The van der Waals surface area contributed by atoms with E-state index in [1.54, 1.807) is 0 Å². The molecule has 0 radical (unpaired) electrons. The molecular weight excluding hydrogens is 600 g/mol. The first-order valence-corrected chi connectivity index (χ1v) is 8.95. The number of hydrogen-bond acceptors (Lipinski definition) is 4. The molecule has 0 rings (SSSR count). The van der Waals surface area contributed by atoms with Crippen molar-refractivity contribution >= 4 is 8.25 Å². The van der Waals surface area contributed by atoms with Gasteiger partial charge in [-0.15, -0.1) is 4.52 Å². The van der Waals surface area contributed by atoms with Gasteiger partial charge >= 0.3 is 61.8 Å². The average Bonchev–Trinajstić information content (AvgIpc) is 2.62. The van der Waals surface area contributed by atoms with Gasteiger partial charge in [0.1, 0.15) is 6.61 Å². The third kappa shape index (κ3) is 5.03. The minimum atomic E-state index is -9.13. The Hall–Kier alpha value is -1.35. The maximum Gasteiger partial charge on any atom is 0.488 e. The van der Waals surface area contributed by atoms with Crippen LogP contribution in [0.1, 0.15) is 6.42 Å². The number of hydrogen-bond donors (Lipinski definition) is 1. The van der Waals surface area contributed by atoms with Gasteiger partial charge in [0.15, 0.2) is 0 Å². The van der Waals surface area contributed by atoms with E-state index in [0.29, 0.717) is 0 Å². The van der Waals surface area contributed by atoms with E-state index >= 15 is 0 Å². The first kappa shape index (κ1) is 34.6. The van der Waals surface area contributed by atoms with Crippen LogP contribution in [0.2, 0.25) is 0 Å². The smallest absolute Gasteiger partial charge is 0.488 e. The van der Waals surface area contributed by atoms with E-state index in [9.17, 15) is 92.9 Å². The van der Waals surface area contributed by atoms with Gasteiger partial charge in [-0.05, 0) is 4.57 Å². The Bertz CT molecular complexity index is 789. The van der Waals surface area contributed by atoms with Crippen LogP contribution in [0.15, 0.2) is 0 Å². The van der Waals surface area contributed by atoms with E-state index in [1.807, 2.05) is 0 Å². The molecule has 2 unspecified atom stereocenters. The van der Waals surface area contributed by atoms with Gasteiger partial charge in [-0.25, -0.2) is 4.39 Å². The van der Waals surface area contributed by atoms with E-state index in [-0.39, 0.29) is 0 Å². The van der Waals surface area contributed by atoms with E-state index in [4.69, 9.17) is 5.11 Å². The summed E-state index contributed by atoms with van der Waals surface area (Å²) in [4.78, 5) is 9.99. The fourth-order valence-corrected chi connectivity index (χ4v) is 2.48. The second kappa shape index (κ2) is 9.44. The van der Waals surface area contributed by atoms with Crippen molar-refractivity contribution in [2.45, 2.75) is 66.1 Å². The maximum absolute atomic E-state index is 13.6. The summed E-state index contributed by atoms with van der Waals surface area (Å²) < 4.78 is 263. The van der Waals surface area contributed by atoms with E-state index < -0.39 is 80.9 Å². The van der Waals surface area contributed by atoms with Crippen molar-refractivity contribution in [3.63, 3.8) is 0 Å². The average molecular weight is 606 g/mol. The maximum atomic E-state index is 13.6. The quantitative estimate of drug-likeness (QED) is 0.252. The highest BCUT2D eigenvalue weighted by atomic mass is 31.1. The minimum absolute atomic E-state index is 2.01. The molecule has 0 heterocycles. The lowest BCUT2D eigenvalue weighted by molar-refractivity contribution is -0.472. The third-order valence-electron chi connectivity index (χ3n) is 4.11. The fraction of sp³-hybridized carbons (Fsp3) is 1.00. The van der Waals surface area contributed by atoms with Crippen LogP contribution in [0.25, 0.3) is 0 Å². The Kier molecular flexibility index (Phi) is 9.08. The molecule has 4 nitrogen and oxygen atoms in total. The van der Waals surface area contributed by atoms with Gasteiger partial charge in [-0.3, -0.25) is 0 Å². The lowest BCUT2D eigenvalue weighted by Crippen LogP contribution is -2.77. The van der Waals surface area contributed by atoms with Crippen LogP contribution in [0.4, 0.5) is 83.4 Å². The molecule has 0 bridgehead atoms. The number of aliphatic hydroxyl groups is 1. The highest BCUT2D eigenvalue weighted by molar-refractivity contribution is 7.30. The first-order valence-electron chi connectivity index (χ1n) is 7.86. The van der Waals surface area contributed by atoms with Crippen LogP contribution in [-0.2, 0) is 9.09 Å².